The van der Waals surface area contributed by atoms with Crippen LogP contribution >= 0.6 is 22.6 Å². The molecule has 2 aromatic carbocycles. The number of hydrogen-bond donors (Lipinski definition) is 0. The van der Waals surface area contributed by atoms with Gasteiger partial charge >= 0.3 is 0 Å². The number of hydrogen-bond acceptors (Lipinski definition) is 5. The highest BCUT2D eigenvalue weighted by atomic mass is 127. The number of rotatable bonds is 4. The Labute approximate surface area is 154 Å². The van der Waals surface area contributed by atoms with Gasteiger partial charge in [0.15, 0.2) is 11.9 Å². The van der Waals surface area contributed by atoms with Crippen molar-refractivity contribution in [3.63, 3.8) is 0 Å². The first-order valence-electron chi connectivity index (χ1n) is 7.35. The molecule has 0 N–H and O–H groups in total. The van der Waals surface area contributed by atoms with Crippen LogP contribution in [-0.2, 0) is 11.2 Å². The monoisotopic (exact) mass is 440 g/mol. The van der Waals surface area contributed by atoms with Crippen LogP contribution in [0.5, 0.6) is 23.0 Å². The molecule has 1 unspecified atom stereocenters. The number of ether oxygens (including phenoxy) is 4. The van der Waals surface area contributed by atoms with Gasteiger partial charge in [0.1, 0.15) is 23.0 Å². The highest BCUT2D eigenvalue weighted by molar-refractivity contribution is 14.1. The lowest BCUT2D eigenvalue weighted by molar-refractivity contribution is -0.126. The minimum absolute atomic E-state index is 0.00747. The van der Waals surface area contributed by atoms with Crippen molar-refractivity contribution in [1.82, 2.24) is 0 Å². The SMILES string of the molecule is COc1ccc(C2Oc3c(I)c(OC)cc(OC)c3CC2=O)cc1. The molecular formula is C18H17IO5. The molecule has 1 aliphatic rings. The lowest BCUT2D eigenvalue weighted by atomic mass is 9.95. The number of fused-ring (bicyclic) bond motifs is 1. The molecule has 0 fully saturated rings. The third-order valence-corrected chi connectivity index (χ3v) is 5.01. The quantitative estimate of drug-likeness (QED) is 0.681. The van der Waals surface area contributed by atoms with E-state index < -0.39 is 6.10 Å². The molecule has 5 nitrogen and oxygen atoms in total. The number of carbonyl (C=O) groups is 1. The Bertz CT molecular complexity index is 770. The van der Waals surface area contributed by atoms with E-state index in [9.17, 15) is 4.79 Å². The number of Topliss-reactive ketones (excluding diaryl/α,β-unsaturated/α-hetero) is 1. The Morgan fingerprint density at radius 3 is 2.29 bits per heavy atom. The Morgan fingerprint density at radius 1 is 1.04 bits per heavy atom. The van der Waals surface area contributed by atoms with Gasteiger partial charge < -0.3 is 18.9 Å². The van der Waals surface area contributed by atoms with E-state index in [2.05, 4.69) is 22.6 Å². The van der Waals surface area contributed by atoms with Crippen molar-refractivity contribution in [2.75, 3.05) is 21.3 Å². The van der Waals surface area contributed by atoms with Crippen LogP contribution < -0.4 is 18.9 Å². The standard InChI is InChI=1S/C18H17IO5/c1-21-11-6-4-10(5-7-11)17-13(20)8-12-14(22-2)9-15(23-3)16(19)18(12)24-17/h4-7,9,17H,8H2,1-3H3. The molecule has 0 amide bonds. The number of halogens is 1. The molecule has 0 aliphatic carbocycles. The van der Waals surface area contributed by atoms with Gasteiger partial charge in [-0.25, -0.2) is 0 Å². The van der Waals surface area contributed by atoms with Crippen LogP contribution in [0.15, 0.2) is 30.3 Å². The third kappa shape index (κ3) is 2.90. The van der Waals surface area contributed by atoms with Crippen LogP contribution in [0, 0.1) is 3.57 Å². The third-order valence-electron chi connectivity index (χ3n) is 3.99. The van der Waals surface area contributed by atoms with E-state index in [4.69, 9.17) is 18.9 Å². The van der Waals surface area contributed by atoms with Gasteiger partial charge in [-0.3, -0.25) is 4.79 Å². The number of benzene rings is 2. The number of ketones is 1. The maximum Gasteiger partial charge on any atom is 0.182 e. The predicted octanol–water partition coefficient (Wildman–Crippen LogP) is 3.56. The second kappa shape index (κ2) is 6.88. The fourth-order valence-electron chi connectivity index (χ4n) is 2.73. The summed E-state index contributed by atoms with van der Waals surface area (Å²) in [5.74, 6) is 2.64. The highest BCUT2D eigenvalue weighted by Gasteiger charge is 2.34. The average Bonchev–Trinajstić information content (AvgIpc) is 2.62. The van der Waals surface area contributed by atoms with Gasteiger partial charge in [-0.1, -0.05) is 12.1 Å². The summed E-state index contributed by atoms with van der Waals surface area (Å²) in [5, 5.41) is 0. The number of methoxy groups -OCH3 is 3. The second-order valence-electron chi connectivity index (χ2n) is 5.32. The molecule has 0 saturated heterocycles. The topological polar surface area (TPSA) is 54.0 Å². The van der Waals surface area contributed by atoms with Crippen molar-refractivity contribution < 1.29 is 23.7 Å². The van der Waals surface area contributed by atoms with Crippen LogP contribution in [0.4, 0.5) is 0 Å². The average molecular weight is 440 g/mol. The molecule has 6 heteroatoms. The fraction of sp³-hybridized carbons (Fsp3) is 0.278. The van der Waals surface area contributed by atoms with E-state index in [0.29, 0.717) is 17.2 Å². The van der Waals surface area contributed by atoms with Crippen molar-refractivity contribution >= 4 is 28.4 Å². The summed E-state index contributed by atoms with van der Waals surface area (Å²) in [7, 11) is 4.77. The normalized spacial score (nSPS) is 16.2. The van der Waals surface area contributed by atoms with Crippen molar-refractivity contribution in [2.24, 2.45) is 0 Å². The fourth-order valence-corrected chi connectivity index (χ4v) is 3.56. The molecule has 1 atom stereocenters. The maximum absolute atomic E-state index is 12.6. The Kier molecular flexibility index (Phi) is 4.84. The zero-order chi connectivity index (χ0) is 17.3. The Balaban J connectivity index is 2.03. The summed E-state index contributed by atoms with van der Waals surface area (Å²) in [6, 6.07) is 9.11. The molecule has 0 bridgehead atoms. The van der Waals surface area contributed by atoms with E-state index in [1.165, 1.54) is 0 Å². The van der Waals surface area contributed by atoms with E-state index in [1.54, 1.807) is 27.4 Å². The molecule has 3 rings (SSSR count). The van der Waals surface area contributed by atoms with Crippen LogP contribution in [-0.4, -0.2) is 27.1 Å². The molecule has 1 heterocycles. The van der Waals surface area contributed by atoms with Gasteiger partial charge in [0.25, 0.3) is 0 Å². The molecule has 0 aromatic heterocycles. The van der Waals surface area contributed by atoms with E-state index >= 15 is 0 Å². The lowest BCUT2D eigenvalue weighted by Crippen LogP contribution is -2.27. The molecular weight excluding hydrogens is 423 g/mol. The van der Waals surface area contributed by atoms with Crippen molar-refractivity contribution in [3.8, 4) is 23.0 Å². The smallest absolute Gasteiger partial charge is 0.182 e. The molecule has 0 spiro atoms. The first kappa shape index (κ1) is 16.9. The summed E-state index contributed by atoms with van der Waals surface area (Å²) >= 11 is 2.17. The van der Waals surface area contributed by atoms with Gasteiger partial charge in [0, 0.05) is 23.6 Å². The van der Waals surface area contributed by atoms with Crippen LogP contribution in [0.3, 0.4) is 0 Å². The zero-order valence-corrected chi connectivity index (χ0v) is 15.7. The lowest BCUT2D eigenvalue weighted by Gasteiger charge is -2.28. The van der Waals surface area contributed by atoms with Gasteiger partial charge in [0.05, 0.1) is 24.9 Å². The summed E-state index contributed by atoms with van der Waals surface area (Å²) < 4.78 is 22.8. The molecule has 1 aliphatic heterocycles. The molecule has 2 aromatic rings. The highest BCUT2D eigenvalue weighted by Crippen LogP contribution is 2.45. The van der Waals surface area contributed by atoms with Gasteiger partial charge in [-0.2, -0.15) is 0 Å². The van der Waals surface area contributed by atoms with Crippen LogP contribution in [0.2, 0.25) is 0 Å². The second-order valence-corrected chi connectivity index (χ2v) is 6.40. The first-order valence-corrected chi connectivity index (χ1v) is 8.43. The number of carbonyl (C=O) groups excluding carboxylic acids is 1. The minimum atomic E-state index is -0.645. The molecule has 126 valence electrons. The predicted molar refractivity (Wildman–Crippen MR) is 97.3 cm³/mol. The van der Waals surface area contributed by atoms with Gasteiger partial charge in [-0.05, 0) is 34.7 Å². The maximum atomic E-state index is 12.6. The molecule has 0 saturated carbocycles. The summed E-state index contributed by atoms with van der Waals surface area (Å²) in [5.41, 5.74) is 1.56. The summed E-state index contributed by atoms with van der Waals surface area (Å²) in [6.07, 6.45) is -0.386. The largest absolute Gasteiger partial charge is 0.497 e. The van der Waals surface area contributed by atoms with Crippen molar-refractivity contribution in [1.29, 1.82) is 0 Å². The summed E-state index contributed by atoms with van der Waals surface area (Å²) in [4.78, 5) is 12.6. The van der Waals surface area contributed by atoms with Gasteiger partial charge in [-0.15, -0.1) is 0 Å². The van der Waals surface area contributed by atoms with Crippen LogP contribution in [0.1, 0.15) is 17.2 Å². The Hall–Kier alpha value is -1.96. The summed E-state index contributed by atoms with van der Waals surface area (Å²) in [6.45, 7) is 0. The Morgan fingerprint density at radius 2 is 1.71 bits per heavy atom. The van der Waals surface area contributed by atoms with Crippen molar-refractivity contribution in [3.05, 3.63) is 45.0 Å². The van der Waals surface area contributed by atoms with E-state index in [1.807, 2.05) is 24.3 Å². The van der Waals surface area contributed by atoms with E-state index in [0.717, 1.165) is 20.4 Å². The first-order chi connectivity index (χ1) is 11.6. The molecule has 24 heavy (non-hydrogen) atoms. The van der Waals surface area contributed by atoms with Crippen molar-refractivity contribution in [2.45, 2.75) is 12.5 Å². The molecule has 0 radical (unpaired) electrons. The zero-order valence-electron chi connectivity index (χ0n) is 13.6. The van der Waals surface area contributed by atoms with Crippen LogP contribution in [0.25, 0.3) is 0 Å². The van der Waals surface area contributed by atoms with Gasteiger partial charge in [0.2, 0.25) is 0 Å². The minimum Gasteiger partial charge on any atom is -0.497 e. The van der Waals surface area contributed by atoms with E-state index in [-0.39, 0.29) is 12.2 Å².